The number of aromatic hydroxyl groups is 1. The number of halogens is 1. The van der Waals surface area contributed by atoms with Crippen LogP contribution in [-0.4, -0.2) is 39.0 Å². The van der Waals surface area contributed by atoms with Gasteiger partial charge in [0.1, 0.15) is 11.4 Å². The fraction of sp³-hybridized carbons (Fsp3) is 0.312. The van der Waals surface area contributed by atoms with Crippen molar-refractivity contribution in [2.24, 2.45) is 5.10 Å². The van der Waals surface area contributed by atoms with Crippen LogP contribution in [0.15, 0.2) is 34.2 Å². The van der Waals surface area contributed by atoms with Gasteiger partial charge in [0.05, 0.1) is 11.9 Å². The fourth-order valence-corrected chi connectivity index (χ4v) is 2.90. The van der Waals surface area contributed by atoms with Gasteiger partial charge >= 0.3 is 0 Å². The Morgan fingerprint density at radius 3 is 2.54 bits per heavy atom. The summed E-state index contributed by atoms with van der Waals surface area (Å²) in [6, 6.07) is 5.44. The van der Waals surface area contributed by atoms with Crippen molar-refractivity contribution in [3.8, 4) is 11.6 Å². The summed E-state index contributed by atoms with van der Waals surface area (Å²) in [6.45, 7) is 1.65. The highest BCUT2D eigenvalue weighted by Crippen LogP contribution is 2.19. The lowest BCUT2D eigenvalue weighted by molar-refractivity contribution is 0.240. The van der Waals surface area contributed by atoms with Crippen molar-refractivity contribution in [1.29, 1.82) is 0 Å². The van der Waals surface area contributed by atoms with E-state index in [2.05, 4.69) is 10.1 Å². The summed E-state index contributed by atoms with van der Waals surface area (Å²) in [5, 5.41) is 16.6. The maximum Gasteiger partial charge on any atom is 0.264 e. The van der Waals surface area contributed by atoms with Crippen molar-refractivity contribution in [3.63, 3.8) is 0 Å². The second-order valence-corrected chi connectivity index (χ2v) is 5.95. The number of rotatable bonds is 3. The molecule has 2 N–H and O–H groups in total. The third kappa shape index (κ3) is 3.38. The highest BCUT2D eigenvalue weighted by Gasteiger charge is 2.14. The summed E-state index contributed by atoms with van der Waals surface area (Å²) < 4.78 is 14.4. The number of hydrazone groups is 1. The molecule has 1 aromatic heterocycles. The second kappa shape index (κ2) is 6.96. The molecule has 0 amide bonds. The Morgan fingerprint density at radius 2 is 1.88 bits per heavy atom. The number of aromatic amines is 1. The maximum absolute atomic E-state index is 13.1. The number of hydrogen-bond donors (Lipinski definition) is 2. The van der Waals surface area contributed by atoms with E-state index >= 15 is 0 Å². The van der Waals surface area contributed by atoms with Crippen molar-refractivity contribution in [3.05, 3.63) is 50.8 Å². The van der Waals surface area contributed by atoms with Gasteiger partial charge in [-0.2, -0.15) is 5.10 Å². The topological polar surface area (TPSA) is 73.6 Å². The minimum atomic E-state index is -0.517. The number of benzene rings is 1. The zero-order valence-corrected chi connectivity index (χ0v) is 13.7. The van der Waals surface area contributed by atoms with E-state index in [1.807, 2.05) is 5.01 Å². The molecule has 0 atom stereocenters. The molecule has 2 aromatic rings. The molecule has 3 rings (SSSR count). The lowest BCUT2D eigenvalue weighted by atomic mass is 10.2. The predicted octanol–water partition coefficient (Wildman–Crippen LogP) is 2.56. The molecule has 2 heterocycles. The summed E-state index contributed by atoms with van der Waals surface area (Å²) in [7, 11) is 0. The third-order valence-electron chi connectivity index (χ3n) is 3.89. The average Bonchev–Trinajstić information content (AvgIpc) is 2.57. The van der Waals surface area contributed by atoms with E-state index in [0.29, 0.717) is 5.69 Å². The molecule has 1 aromatic carbocycles. The van der Waals surface area contributed by atoms with E-state index in [9.17, 15) is 14.3 Å². The van der Waals surface area contributed by atoms with Gasteiger partial charge in [-0.05, 0) is 55.7 Å². The van der Waals surface area contributed by atoms with Gasteiger partial charge in [-0.3, -0.25) is 19.4 Å². The van der Waals surface area contributed by atoms with Crippen LogP contribution in [0.5, 0.6) is 5.88 Å². The first-order valence-corrected chi connectivity index (χ1v) is 8.10. The van der Waals surface area contributed by atoms with Gasteiger partial charge in [0.15, 0.2) is 4.77 Å². The lowest BCUT2D eigenvalue weighted by Crippen LogP contribution is -2.25. The Hall–Kier alpha value is -2.48. The van der Waals surface area contributed by atoms with Gasteiger partial charge in [0, 0.05) is 13.1 Å². The molecule has 0 spiro atoms. The predicted molar refractivity (Wildman–Crippen MR) is 91.9 cm³/mol. The van der Waals surface area contributed by atoms with E-state index < -0.39 is 11.4 Å². The number of aromatic nitrogens is 2. The maximum atomic E-state index is 13.1. The summed E-state index contributed by atoms with van der Waals surface area (Å²) >= 11 is 5.11. The van der Waals surface area contributed by atoms with Crippen molar-refractivity contribution in [1.82, 2.24) is 14.6 Å². The van der Waals surface area contributed by atoms with Crippen LogP contribution >= 0.6 is 12.2 Å². The number of nitrogens with zero attached hydrogens (tertiary/aromatic N) is 3. The van der Waals surface area contributed by atoms with Crippen molar-refractivity contribution >= 4 is 18.4 Å². The summed E-state index contributed by atoms with van der Waals surface area (Å²) in [6.07, 6.45) is 4.63. The Bertz CT molecular complexity index is 867. The van der Waals surface area contributed by atoms with Gasteiger partial charge in [-0.1, -0.05) is 0 Å². The quantitative estimate of drug-likeness (QED) is 0.660. The average molecular weight is 348 g/mol. The molecule has 1 aliphatic heterocycles. The summed E-state index contributed by atoms with van der Waals surface area (Å²) in [5.41, 5.74) is -0.0575. The zero-order valence-electron chi connectivity index (χ0n) is 12.9. The Morgan fingerprint density at radius 1 is 1.21 bits per heavy atom. The Labute approximate surface area is 142 Å². The van der Waals surface area contributed by atoms with Crippen LogP contribution in [0.25, 0.3) is 5.69 Å². The van der Waals surface area contributed by atoms with Crippen molar-refractivity contribution in [2.75, 3.05) is 13.1 Å². The van der Waals surface area contributed by atoms with Crippen LogP contribution < -0.4 is 5.56 Å². The standard InChI is InChI=1S/C16H17FN4O2S/c17-11-4-6-12(7-5-11)21-15(23)13(14(22)19-16(21)24)10-18-20-8-2-1-3-9-20/h4-7,10,23H,1-3,8-9H2,(H,19,22,24)/b18-10+. The number of nitrogens with one attached hydrogen (secondary N) is 1. The summed E-state index contributed by atoms with van der Waals surface area (Å²) in [5.74, 6) is -0.725. The van der Waals surface area contributed by atoms with Gasteiger partial charge < -0.3 is 5.11 Å². The Balaban J connectivity index is 2.02. The smallest absolute Gasteiger partial charge is 0.264 e. The fourth-order valence-electron chi connectivity index (χ4n) is 2.62. The van der Waals surface area contributed by atoms with Crippen LogP contribution in [0.1, 0.15) is 24.8 Å². The van der Waals surface area contributed by atoms with Gasteiger partial charge in [0.2, 0.25) is 5.88 Å². The van der Waals surface area contributed by atoms with Crippen molar-refractivity contribution < 1.29 is 9.50 Å². The molecule has 1 aliphatic rings. The van der Waals surface area contributed by atoms with E-state index in [0.717, 1.165) is 25.9 Å². The van der Waals surface area contributed by atoms with E-state index in [1.165, 1.54) is 41.5 Å². The first kappa shape index (κ1) is 16.4. The van der Waals surface area contributed by atoms with Gasteiger partial charge in [-0.15, -0.1) is 0 Å². The minimum absolute atomic E-state index is 0.0125. The SMILES string of the molecule is O=c1[nH]c(=S)n(-c2ccc(F)cc2)c(O)c1/C=N/N1CCCCC1. The van der Waals surface area contributed by atoms with E-state index in [-0.39, 0.29) is 16.2 Å². The molecule has 24 heavy (non-hydrogen) atoms. The van der Waals surface area contributed by atoms with E-state index in [4.69, 9.17) is 12.2 Å². The largest absolute Gasteiger partial charge is 0.494 e. The van der Waals surface area contributed by atoms with Gasteiger partial charge in [-0.25, -0.2) is 4.39 Å². The molecule has 0 unspecified atom stereocenters. The minimum Gasteiger partial charge on any atom is -0.494 e. The van der Waals surface area contributed by atoms with Crippen LogP contribution in [0.4, 0.5) is 4.39 Å². The molecule has 1 saturated heterocycles. The number of H-pyrrole nitrogens is 1. The first-order chi connectivity index (χ1) is 11.6. The van der Waals surface area contributed by atoms with E-state index in [1.54, 1.807) is 0 Å². The van der Waals surface area contributed by atoms with Crippen molar-refractivity contribution in [2.45, 2.75) is 19.3 Å². The monoisotopic (exact) mass is 348 g/mol. The van der Waals surface area contributed by atoms with Crippen LogP contribution in [-0.2, 0) is 0 Å². The lowest BCUT2D eigenvalue weighted by Gasteiger charge is -2.23. The second-order valence-electron chi connectivity index (χ2n) is 5.57. The van der Waals surface area contributed by atoms with Crippen LogP contribution in [0.3, 0.4) is 0 Å². The molecular weight excluding hydrogens is 331 g/mol. The molecule has 8 heteroatoms. The van der Waals surface area contributed by atoms with Gasteiger partial charge in [0.25, 0.3) is 5.56 Å². The highest BCUT2D eigenvalue weighted by atomic mass is 32.1. The third-order valence-corrected chi connectivity index (χ3v) is 4.17. The molecule has 0 bridgehead atoms. The molecule has 126 valence electrons. The zero-order chi connectivity index (χ0) is 17.1. The highest BCUT2D eigenvalue weighted by molar-refractivity contribution is 7.71. The number of piperidine rings is 1. The molecule has 6 nitrogen and oxygen atoms in total. The first-order valence-electron chi connectivity index (χ1n) is 7.69. The summed E-state index contributed by atoms with van der Waals surface area (Å²) in [4.78, 5) is 14.6. The normalized spacial score (nSPS) is 15.1. The number of hydrogen-bond acceptors (Lipinski definition) is 5. The Kier molecular flexibility index (Phi) is 4.75. The molecule has 0 radical (unpaired) electrons. The molecular formula is C16H17FN4O2S. The molecule has 0 saturated carbocycles. The van der Waals surface area contributed by atoms with Crippen LogP contribution in [0, 0.1) is 10.6 Å². The molecule has 1 fully saturated rings. The molecule has 0 aliphatic carbocycles. The van der Waals surface area contributed by atoms with Crippen LogP contribution in [0.2, 0.25) is 0 Å².